The number of hydrogen-bond acceptors (Lipinski definition) is 19. The fourth-order valence-corrected chi connectivity index (χ4v) is 11.6. The number of halogens is 3. The van der Waals surface area contributed by atoms with Crippen LogP contribution in [0.15, 0.2) is 60.8 Å². The number of aryl methyl sites for hydroxylation is 2. The average Bonchev–Trinajstić information content (AvgIpc) is 3.77. The number of sulfone groups is 1. The Morgan fingerprint density at radius 1 is 0.925 bits per heavy atom. The standard InChI is InChI=1S/C42H44ClF2N4O16PS/c1-24(50)63-31-9-5-3-7-26(31)11-13-34(52)59-21-61-66(56,62-22-60-35(53)14-12-27-8-4-6-10-32(27)64-25(2)51)23-67(57,58)20-33-37(54)38(55)41(65-33)49-16-15-29-36(47-28-17-42(44,45)18-28)30(19-46)39(43)48-40(29)49/h3-10,15-16,28,33,37-38,41,54-55H,11-14,17-18,20-23H2,1-2H3,(H,47,48)/t33-,37-,38-,41-/m1/s1. The number of pyridine rings is 1. The lowest BCUT2D eigenvalue weighted by Crippen LogP contribution is -2.44. The van der Waals surface area contributed by atoms with Gasteiger partial charge in [0, 0.05) is 57.2 Å². The van der Waals surface area contributed by atoms with Crippen LogP contribution in [0, 0.1) is 11.3 Å². The zero-order valence-corrected chi connectivity index (χ0v) is 38.1. The number of nitriles is 1. The first-order chi connectivity index (χ1) is 31.7. The molecule has 2 aromatic heterocycles. The molecule has 0 unspecified atom stereocenters. The minimum Gasteiger partial charge on any atom is -0.438 e. The molecule has 4 aromatic rings. The van der Waals surface area contributed by atoms with E-state index in [1.807, 2.05) is 6.07 Å². The van der Waals surface area contributed by atoms with Gasteiger partial charge in [-0.3, -0.25) is 32.8 Å². The number of fused-ring (bicyclic) bond motifs is 1. The maximum atomic E-state index is 14.1. The first-order valence-electron chi connectivity index (χ1n) is 20.3. The molecule has 3 heterocycles. The van der Waals surface area contributed by atoms with E-state index < -0.39 is 115 Å². The number of hydrogen-bond donors (Lipinski definition) is 3. The molecular formula is C42H44ClF2N4O16PS. The largest absolute Gasteiger partial charge is 0.438 e. The molecule has 1 saturated heterocycles. The fraction of sp³-hybridized carbons (Fsp3) is 0.429. The number of carbonyl (C=O) groups excluding carboxylic acids is 4. The molecule has 2 fully saturated rings. The van der Waals surface area contributed by atoms with Gasteiger partial charge in [-0.1, -0.05) is 48.0 Å². The molecule has 360 valence electrons. The number of aliphatic hydroxyl groups excluding tert-OH is 2. The maximum Gasteiger partial charge on any atom is 0.351 e. The van der Waals surface area contributed by atoms with Crippen molar-refractivity contribution in [1.82, 2.24) is 9.55 Å². The van der Waals surface area contributed by atoms with Crippen LogP contribution in [0.25, 0.3) is 11.0 Å². The van der Waals surface area contributed by atoms with E-state index in [1.54, 1.807) is 36.4 Å². The minimum absolute atomic E-state index is 0.0186. The highest BCUT2D eigenvalue weighted by Gasteiger charge is 2.48. The summed E-state index contributed by atoms with van der Waals surface area (Å²) in [5.74, 6) is -6.56. The Hall–Kier alpha value is -5.57. The van der Waals surface area contributed by atoms with Gasteiger partial charge in [0.2, 0.25) is 13.6 Å². The smallest absolute Gasteiger partial charge is 0.351 e. The van der Waals surface area contributed by atoms with Gasteiger partial charge in [-0.2, -0.15) is 5.26 Å². The number of aromatic nitrogens is 2. The van der Waals surface area contributed by atoms with E-state index in [0.29, 0.717) is 11.1 Å². The van der Waals surface area contributed by atoms with Gasteiger partial charge in [0.25, 0.3) is 5.92 Å². The Balaban J connectivity index is 1.13. The Morgan fingerprint density at radius 2 is 1.46 bits per heavy atom. The Bertz CT molecular complexity index is 2620. The molecule has 1 aliphatic carbocycles. The van der Waals surface area contributed by atoms with Gasteiger partial charge in [0.1, 0.15) is 47.1 Å². The highest BCUT2D eigenvalue weighted by molar-refractivity contribution is 7.97. The highest BCUT2D eigenvalue weighted by Crippen LogP contribution is 2.50. The lowest BCUT2D eigenvalue weighted by atomic mass is 9.88. The molecule has 1 aliphatic heterocycles. The second-order valence-electron chi connectivity index (χ2n) is 15.5. The normalized spacial score (nSPS) is 19.3. The van der Waals surface area contributed by atoms with Gasteiger partial charge >= 0.3 is 31.5 Å². The van der Waals surface area contributed by atoms with Gasteiger partial charge < -0.3 is 43.8 Å². The third-order valence-corrected chi connectivity index (χ3v) is 15.3. The molecule has 67 heavy (non-hydrogen) atoms. The van der Waals surface area contributed by atoms with Crippen molar-refractivity contribution in [2.45, 2.75) is 88.9 Å². The van der Waals surface area contributed by atoms with Crippen LogP contribution in [0.5, 0.6) is 11.5 Å². The molecule has 0 bridgehead atoms. The zero-order chi connectivity index (χ0) is 48.7. The van der Waals surface area contributed by atoms with E-state index >= 15 is 0 Å². The van der Waals surface area contributed by atoms with Crippen LogP contribution in [-0.2, 0) is 69.7 Å². The van der Waals surface area contributed by atoms with E-state index in [1.165, 1.54) is 42.8 Å². The molecule has 0 radical (unpaired) electrons. The van der Waals surface area contributed by atoms with Crippen molar-refractivity contribution in [3.05, 3.63) is 82.6 Å². The van der Waals surface area contributed by atoms with Crippen molar-refractivity contribution in [3.8, 4) is 17.6 Å². The molecule has 0 amide bonds. The number of nitrogens with one attached hydrogen (secondary N) is 1. The average molecular weight is 997 g/mol. The lowest BCUT2D eigenvalue weighted by molar-refractivity contribution is -0.152. The fourth-order valence-electron chi connectivity index (χ4n) is 7.21. The van der Waals surface area contributed by atoms with Gasteiger partial charge in [-0.15, -0.1) is 0 Å². The van der Waals surface area contributed by atoms with E-state index in [0.717, 1.165) is 0 Å². The summed E-state index contributed by atoms with van der Waals surface area (Å²) in [6, 6.07) is 15.4. The van der Waals surface area contributed by atoms with Gasteiger partial charge in [0.15, 0.2) is 26.7 Å². The van der Waals surface area contributed by atoms with Crippen molar-refractivity contribution >= 4 is 69.6 Å². The number of esters is 4. The van der Waals surface area contributed by atoms with Crippen LogP contribution in [0.1, 0.15) is 62.4 Å². The molecule has 3 N–H and O–H groups in total. The minimum atomic E-state index is -4.95. The first kappa shape index (κ1) is 50.8. The van der Waals surface area contributed by atoms with Crippen LogP contribution < -0.4 is 14.8 Å². The van der Waals surface area contributed by atoms with E-state index in [-0.39, 0.29) is 64.6 Å². The number of rotatable bonds is 21. The molecule has 25 heteroatoms. The molecule has 0 spiro atoms. The Morgan fingerprint density at radius 3 is 1.97 bits per heavy atom. The SMILES string of the molecule is CC(=O)Oc1ccccc1CCC(=O)OCOP(=O)(CS(=O)(=O)C[C@H]1O[C@@H](n2ccc3c(NC4CC(F)(F)C4)c(C#N)c(Cl)nc32)[C@H](O)[C@@H]1O)OCOC(=O)CCc1ccccc1OC(C)=O. The molecule has 2 aromatic carbocycles. The monoisotopic (exact) mass is 996 g/mol. The van der Waals surface area contributed by atoms with Crippen LogP contribution in [-0.4, -0.2) is 107 Å². The van der Waals surface area contributed by atoms with Crippen LogP contribution in [0.3, 0.4) is 0 Å². The third kappa shape index (κ3) is 13.3. The molecule has 4 atom stereocenters. The summed E-state index contributed by atoms with van der Waals surface area (Å²) in [6.07, 6.45) is -7.10. The van der Waals surface area contributed by atoms with E-state index in [4.69, 9.17) is 44.3 Å². The molecule has 1 saturated carbocycles. The summed E-state index contributed by atoms with van der Waals surface area (Å²) in [4.78, 5) is 52.5. The Kier molecular flexibility index (Phi) is 16.4. The van der Waals surface area contributed by atoms with Crippen molar-refractivity contribution in [2.75, 3.05) is 30.1 Å². The quantitative estimate of drug-likeness (QED) is 0.0322. The number of alkyl halides is 2. The molecule has 2 aliphatic rings. The van der Waals surface area contributed by atoms with Crippen molar-refractivity contribution in [3.63, 3.8) is 0 Å². The highest BCUT2D eigenvalue weighted by atomic mass is 35.5. The number of nitrogens with zero attached hydrogens (tertiary/aromatic N) is 3. The van der Waals surface area contributed by atoms with Crippen LogP contribution in [0.4, 0.5) is 14.5 Å². The number of anilines is 1. The predicted octanol–water partition coefficient (Wildman–Crippen LogP) is 5.11. The van der Waals surface area contributed by atoms with Crippen molar-refractivity contribution in [1.29, 1.82) is 5.26 Å². The van der Waals surface area contributed by atoms with E-state index in [2.05, 4.69) is 10.3 Å². The van der Waals surface area contributed by atoms with Crippen molar-refractivity contribution < 1.29 is 83.9 Å². The number of aliphatic hydroxyl groups is 2. The van der Waals surface area contributed by atoms with Crippen molar-refractivity contribution in [2.24, 2.45) is 0 Å². The predicted molar refractivity (Wildman–Crippen MR) is 229 cm³/mol. The summed E-state index contributed by atoms with van der Waals surface area (Å²) in [6.45, 7) is 0.194. The molecule has 6 rings (SSSR count). The summed E-state index contributed by atoms with van der Waals surface area (Å²) in [5.41, 5.74) is -0.546. The van der Waals surface area contributed by atoms with Gasteiger partial charge in [-0.25, -0.2) is 22.2 Å². The van der Waals surface area contributed by atoms with Crippen LogP contribution in [0.2, 0.25) is 5.15 Å². The first-order valence-corrected chi connectivity index (χ1v) is 24.3. The number of ether oxygens (including phenoxy) is 5. The van der Waals surface area contributed by atoms with Crippen LogP contribution >= 0.6 is 19.2 Å². The second-order valence-corrected chi connectivity index (χ2v) is 20.4. The second kappa shape index (κ2) is 21.6. The summed E-state index contributed by atoms with van der Waals surface area (Å²) in [7, 11) is -9.65. The molecule has 20 nitrogen and oxygen atoms in total. The summed E-state index contributed by atoms with van der Waals surface area (Å²) >= 11 is 6.32. The zero-order valence-electron chi connectivity index (χ0n) is 35.7. The topological polar surface area (TPSA) is 278 Å². The van der Waals surface area contributed by atoms with Gasteiger partial charge in [-0.05, 0) is 42.2 Å². The molecular weight excluding hydrogens is 953 g/mol. The van der Waals surface area contributed by atoms with Gasteiger partial charge in [0.05, 0.1) is 11.4 Å². The summed E-state index contributed by atoms with van der Waals surface area (Å²) < 4.78 is 107. The third-order valence-electron chi connectivity index (χ3n) is 10.3. The lowest BCUT2D eigenvalue weighted by Gasteiger charge is -2.36. The Labute approximate surface area is 386 Å². The number of para-hydroxylation sites is 2. The van der Waals surface area contributed by atoms with E-state index in [9.17, 15) is 56.4 Å². The number of benzene rings is 2. The number of carbonyl (C=O) groups is 4. The maximum absolute atomic E-state index is 14.1. The summed E-state index contributed by atoms with van der Waals surface area (Å²) in [5, 5.41) is 34.7.